The Hall–Kier alpha value is -3.36. The number of hydrogen-bond donors (Lipinski definition) is 2. The predicted molar refractivity (Wildman–Crippen MR) is 123 cm³/mol. The van der Waals surface area contributed by atoms with E-state index in [9.17, 15) is 28.9 Å². The first-order valence-electron chi connectivity index (χ1n) is 11.0. The summed E-state index contributed by atoms with van der Waals surface area (Å²) in [6, 6.07) is 10.3. The molecule has 0 bridgehead atoms. The maximum atomic E-state index is 13.8. The molecule has 34 heavy (non-hydrogen) atoms. The molecular weight excluding hydrogens is 442 g/mol. The number of carboxylic acid groups (broad SMARTS) is 1. The largest absolute Gasteiger partial charge is 0.550 e. The van der Waals surface area contributed by atoms with Gasteiger partial charge >= 0.3 is 0 Å². The van der Waals surface area contributed by atoms with E-state index in [1.54, 1.807) is 35.9 Å². The van der Waals surface area contributed by atoms with Crippen LogP contribution in [0.4, 0.5) is 8.78 Å². The number of carbonyl (C=O) groups is 1. The van der Waals surface area contributed by atoms with E-state index < -0.39 is 24.6 Å². The summed E-state index contributed by atoms with van der Waals surface area (Å²) < 4.78 is 29.2. The number of aryl methyl sites for hydroxylation is 1. The van der Waals surface area contributed by atoms with Crippen molar-refractivity contribution in [2.45, 2.75) is 51.7 Å². The Balaban J connectivity index is 2.15. The zero-order valence-electron chi connectivity index (χ0n) is 19.2. The van der Waals surface area contributed by atoms with Crippen molar-refractivity contribution in [1.29, 1.82) is 0 Å². The number of hydrogen-bond acceptors (Lipinski definition) is 5. The number of rotatable bonds is 9. The number of aliphatic hydroxyl groups is 2. The molecule has 0 aliphatic carbocycles. The first-order valence-corrected chi connectivity index (χ1v) is 11.0. The summed E-state index contributed by atoms with van der Waals surface area (Å²) >= 11 is 0. The summed E-state index contributed by atoms with van der Waals surface area (Å²) in [7, 11) is 0. The van der Waals surface area contributed by atoms with Crippen molar-refractivity contribution < 1.29 is 28.9 Å². The molecule has 0 amide bonds. The van der Waals surface area contributed by atoms with E-state index in [1.165, 1.54) is 30.3 Å². The van der Waals surface area contributed by atoms with E-state index in [0.717, 1.165) is 0 Å². The van der Waals surface area contributed by atoms with Crippen molar-refractivity contribution in [2.75, 3.05) is 0 Å². The van der Waals surface area contributed by atoms with Crippen LogP contribution in [0.25, 0.3) is 28.7 Å². The van der Waals surface area contributed by atoms with Crippen molar-refractivity contribution >= 4 is 12.2 Å². The van der Waals surface area contributed by atoms with Gasteiger partial charge in [0.2, 0.25) is 0 Å². The van der Waals surface area contributed by atoms with Gasteiger partial charge in [0, 0.05) is 42.1 Å². The van der Waals surface area contributed by atoms with E-state index in [2.05, 4.69) is 0 Å². The Labute approximate surface area is 196 Å². The third-order valence-electron chi connectivity index (χ3n) is 5.39. The first kappa shape index (κ1) is 25.3. The molecule has 180 valence electrons. The molecule has 3 rings (SSSR count). The smallest absolute Gasteiger partial charge is 0.123 e. The average Bonchev–Trinajstić information content (AvgIpc) is 3.11. The van der Waals surface area contributed by atoms with Crippen LogP contribution in [0.3, 0.4) is 0 Å². The van der Waals surface area contributed by atoms with Crippen molar-refractivity contribution in [3.05, 3.63) is 71.6 Å². The average molecular weight is 470 g/mol. The van der Waals surface area contributed by atoms with Gasteiger partial charge in [0.1, 0.15) is 17.5 Å². The van der Waals surface area contributed by atoms with Crippen molar-refractivity contribution in [2.24, 2.45) is 0 Å². The van der Waals surface area contributed by atoms with E-state index >= 15 is 0 Å². The lowest BCUT2D eigenvalue weighted by atomic mass is 10.0. The summed E-state index contributed by atoms with van der Waals surface area (Å²) in [6.07, 6.45) is -0.125. The van der Waals surface area contributed by atoms with Crippen LogP contribution in [0.1, 0.15) is 44.0 Å². The third-order valence-corrected chi connectivity index (χ3v) is 5.39. The van der Waals surface area contributed by atoms with Crippen LogP contribution in [0.5, 0.6) is 0 Å². The van der Waals surface area contributed by atoms with Crippen LogP contribution in [0.15, 0.2) is 48.5 Å². The molecule has 0 fully saturated rings. The maximum absolute atomic E-state index is 13.8. The minimum Gasteiger partial charge on any atom is -0.550 e. The Morgan fingerprint density at radius 1 is 1.12 bits per heavy atom. The van der Waals surface area contributed by atoms with E-state index in [-0.39, 0.29) is 24.0 Å². The van der Waals surface area contributed by atoms with Crippen molar-refractivity contribution in [3.63, 3.8) is 0 Å². The first-order chi connectivity index (χ1) is 16.1. The molecule has 0 saturated carbocycles. The number of aliphatic hydroxyl groups excluding tert-OH is 2. The summed E-state index contributed by atoms with van der Waals surface area (Å²) in [5.41, 5.74) is 3.23. The third kappa shape index (κ3) is 5.95. The topological polar surface area (TPSA) is 98.4 Å². The van der Waals surface area contributed by atoms with Crippen molar-refractivity contribution in [3.8, 4) is 22.5 Å². The fourth-order valence-corrected chi connectivity index (χ4v) is 3.79. The number of benzene rings is 2. The fraction of sp³-hybridized carbons (Fsp3) is 0.308. The number of nitrogens with zero attached hydrogens (tertiary/aromatic N) is 2. The minimum absolute atomic E-state index is 0.0424. The van der Waals surface area contributed by atoms with Gasteiger partial charge in [0.15, 0.2) is 0 Å². The molecule has 1 aromatic heterocycles. The Bertz CT molecular complexity index is 1190. The number of carboxylic acids is 1. The number of carbonyl (C=O) groups excluding carboxylic acids is 1. The number of halogens is 2. The lowest BCUT2D eigenvalue weighted by Crippen LogP contribution is -2.29. The van der Waals surface area contributed by atoms with Crippen LogP contribution in [0.2, 0.25) is 0 Å². The zero-order chi connectivity index (χ0) is 25.0. The zero-order valence-corrected chi connectivity index (χ0v) is 19.2. The van der Waals surface area contributed by atoms with Gasteiger partial charge in [-0.05, 0) is 61.0 Å². The molecule has 0 radical (unpaired) electrons. The summed E-state index contributed by atoms with van der Waals surface area (Å²) in [5.74, 6) is -1.56. The van der Waals surface area contributed by atoms with Crippen LogP contribution in [-0.4, -0.2) is 37.9 Å². The van der Waals surface area contributed by atoms with Gasteiger partial charge in [-0.2, -0.15) is 0 Å². The monoisotopic (exact) mass is 469 g/mol. The highest BCUT2D eigenvalue weighted by atomic mass is 19.1. The Kier molecular flexibility index (Phi) is 7.96. The molecule has 0 saturated heterocycles. The van der Waals surface area contributed by atoms with E-state index in [1.807, 2.05) is 13.8 Å². The summed E-state index contributed by atoms with van der Waals surface area (Å²) in [6.45, 7) is 5.67. The second-order valence-corrected chi connectivity index (χ2v) is 8.53. The normalized spacial score (nSPS) is 13.5. The lowest BCUT2D eigenvalue weighted by molar-refractivity contribution is -0.307. The standard InChI is InChI=1S/C26H28F2N2O4/c1-15(2)26-29-24(17-4-6-18(27)7-5-17)25(22-9-8-19(28)12-16(22)3)30(26)11-10-20(31)13-21(32)14-23(33)34/h4-12,15,20-21,31-32H,13-14H2,1-3H3,(H,33,34)/p-1/b11-10+/t20-,21-/m1/s1. The van der Waals surface area contributed by atoms with Gasteiger partial charge in [-0.3, -0.25) is 0 Å². The molecule has 1 heterocycles. The maximum Gasteiger partial charge on any atom is 0.123 e. The van der Waals surface area contributed by atoms with Gasteiger partial charge in [0.25, 0.3) is 0 Å². The molecule has 2 N–H and O–H groups in total. The van der Waals surface area contributed by atoms with E-state index in [0.29, 0.717) is 33.9 Å². The lowest BCUT2D eigenvalue weighted by Gasteiger charge is -2.15. The predicted octanol–water partition coefficient (Wildman–Crippen LogP) is 3.65. The molecule has 0 unspecified atom stereocenters. The summed E-state index contributed by atoms with van der Waals surface area (Å²) in [4.78, 5) is 15.5. The molecule has 2 aromatic carbocycles. The minimum atomic E-state index is -1.40. The number of aliphatic carboxylic acids is 1. The van der Waals surface area contributed by atoms with Gasteiger partial charge in [-0.1, -0.05) is 13.8 Å². The van der Waals surface area contributed by atoms with Crippen LogP contribution in [-0.2, 0) is 4.79 Å². The molecule has 6 nitrogen and oxygen atoms in total. The van der Waals surface area contributed by atoms with Gasteiger partial charge in [0.05, 0.1) is 23.6 Å². The second-order valence-electron chi connectivity index (χ2n) is 8.53. The van der Waals surface area contributed by atoms with Crippen LogP contribution >= 0.6 is 0 Å². The molecule has 8 heteroatoms. The molecule has 3 aromatic rings. The van der Waals surface area contributed by atoms with Crippen LogP contribution in [0, 0.1) is 18.6 Å². The van der Waals surface area contributed by atoms with Crippen LogP contribution < -0.4 is 5.11 Å². The highest BCUT2D eigenvalue weighted by molar-refractivity contribution is 5.82. The second kappa shape index (κ2) is 10.7. The molecule has 0 spiro atoms. The SMILES string of the molecule is Cc1cc(F)ccc1-c1c(-c2ccc(F)cc2)nc(C(C)C)n1/C=C/[C@@H](O)C[C@@H](O)CC(=O)[O-]. The summed E-state index contributed by atoms with van der Waals surface area (Å²) in [5, 5.41) is 30.8. The Morgan fingerprint density at radius 3 is 2.35 bits per heavy atom. The number of imidazole rings is 1. The number of aromatic nitrogens is 2. The molecule has 0 aliphatic rings. The molecule has 2 atom stereocenters. The van der Waals surface area contributed by atoms with Gasteiger partial charge in [-0.15, -0.1) is 0 Å². The van der Waals surface area contributed by atoms with Crippen molar-refractivity contribution in [1.82, 2.24) is 9.55 Å². The van der Waals surface area contributed by atoms with Gasteiger partial charge < -0.3 is 24.7 Å². The quantitative estimate of drug-likeness (QED) is 0.499. The Morgan fingerprint density at radius 2 is 1.76 bits per heavy atom. The van der Waals surface area contributed by atoms with Gasteiger partial charge in [-0.25, -0.2) is 13.8 Å². The molecule has 0 aliphatic heterocycles. The molecular formula is C26H27F2N2O4-. The van der Waals surface area contributed by atoms with E-state index in [4.69, 9.17) is 4.98 Å². The highest BCUT2D eigenvalue weighted by Crippen LogP contribution is 2.37. The highest BCUT2D eigenvalue weighted by Gasteiger charge is 2.22. The fourth-order valence-electron chi connectivity index (χ4n) is 3.79.